The number of aromatic nitrogens is 1. The highest BCUT2D eigenvalue weighted by Crippen LogP contribution is 2.31. The van der Waals surface area contributed by atoms with Gasteiger partial charge in [-0.25, -0.2) is 0 Å². The predicted octanol–water partition coefficient (Wildman–Crippen LogP) is 4.25. The number of nitrogens with zero attached hydrogens (tertiary/aromatic N) is 1. The zero-order chi connectivity index (χ0) is 17.9. The number of carbonyl (C=O) groups is 1. The Balaban J connectivity index is 1.78. The number of allylic oxidation sites excluding steroid dienone is 2. The third-order valence-electron chi connectivity index (χ3n) is 4.86. The quantitative estimate of drug-likeness (QED) is 0.567. The number of benzene rings is 2. The monoisotopic (exact) mass is 346 g/mol. The zero-order valence-electron chi connectivity index (χ0n) is 14.9. The normalized spacial score (nSPS) is 15.4. The number of aromatic amines is 1. The first kappa shape index (κ1) is 16.6. The van der Waals surface area contributed by atoms with Crippen LogP contribution >= 0.6 is 0 Å². The molecule has 1 aliphatic rings. The summed E-state index contributed by atoms with van der Waals surface area (Å²) in [7, 11) is 0. The Hall–Kier alpha value is -2.85. The number of H-pyrrole nitrogens is 1. The maximum Gasteiger partial charge on any atom is 0.190 e. The van der Waals surface area contributed by atoms with Crippen LogP contribution in [-0.2, 0) is 4.74 Å². The van der Waals surface area contributed by atoms with Gasteiger partial charge in [0, 0.05) is 35.8 Å². The molecule has 4 heteroatoms. The molecule has 1 saturated heterocycles. The lowest BCUT2D eigenvalue weighted by atomic mass is 10.0. The smallest absolute Gasteiger partial charge is 0.190 e. The van der Waals surface area contributed by atoms with Gasteiger partial charge in [-0.05, 0) is 18.6 Å². The number of ketones is 1. The molecule has 0 saturated carbocycles. The molecule has 2 aromatic carbocycles. The van der Waals surface area contributed by atoms with Crippen LogP contribution in [0, 0.1) is 0 Å². The first-order chi connectivity index (χ1) is 12.7. The van der Waals surface area contributed by atoms with Gasteiger partial charge < -0.3 is 14.6 Å². The van der Waals surface area contributed by atoms with Crippen molar-refractivity contribution in [3.8, 4) is 11.3 Å². The van der Waals surface area contributed by atoms with E-state index in [-0.39, 0.29) is 5.78 Å². The number of hydrogen-bond donors (Lipinski definition) is 1. The van der Waals surface area contributed by atoms with Crippen LogP contribution < -0.4 is 0 Å². The van der Waals surface area contributed by atoms with Crippen LogP contribution in [-0.4, -0.2) is 42.0 Å². The van der Waals surface area contributed by atoms with Crippen molar-refractivity contribution in [1.82, 2.24) is 9.88 Å². The van der Waals surface area contributed by atoms with Crippen LogP contribution in [0.2, 0.25) is 0 Å². The van der Waals surface area contributed by atoms with Crippen molar-refractivity contribution in [2.45, 2.75) is 6.92 Å². The summed E-state index contributed by atoms with van der Waals surface area (Å²) in [5.41, 5.74) is 4.60. The molecule has 0 bridgehead atoms. The number of carbonyl (C=O) groups excluding carboxylic acids is 1. The highest BCUT2D eigenvalue weighted by atomic mass is 16.5. The molecule has 1 aromatic heterocycles. The second kappa shape index (κ2) is 7.18. The lowest BCUT2D eigenvalue weighted by Gasteiger charge is -2.29. The van der Waals surface area contributed by atoms with Crippen molar-refractivity contribution in [1.29, 1.82) is 0 Å². The summed E-state index contributed by atoms with van der Waals surface area (Å²) in [4.78, 5) is 18.8. The van der Waals surface area contributed by atoms with Crippen LogP contribution in [0.25, 0.3) is 22.2 Å². The minimum atomic E-state index is 0.0327. The van der Waals surface area contributed by atoms with Gasteiger partial charge in [-0.2, -0.15) is 0 Å². The Labute approximate surface area is 153 Å². The van der Waals surface area contributed by atoms with E-state index in [0.29, 0.717) is 13.2 Å². The fourth-order valence-corrected chi connectivity index (χ4v) is 3.49. The van der Waals surface area contributed by atoms with Crippen LogP contribution in [0.15, 0.2) is 66.4 Å². The number of para-hydroxylation sites is 1. The number of fused-ring (bicyclic) bond motifs is 1. The Morgan fingerprint density at radius 2 is 1.73 bits per heavy atom. The van der Waals surface area contributed by atoms with Gasteiger partial charge in [0.1, 0.15) is 0 Å². The average Bonchev–Trinajstić information content (AvgIpc) is 3.09. The minimum Gasteiger partial charge on any atom is -0.378 e. The van der Waals surface area contributed by atoms with Gasteiger partial charge in [-0.3, -0.25) is 4.79 Å². The van der Waals surface area contributed by atoms with E-state index >= 15 is 0 Å². The van der Waals surface area contributed by atoms with Gasteiger partial charge in [-0.15, -0.1) is 0 Å². The molecular formula is C22H22N2O2. The number of nitrogens with one attached hydrogen (secondary N) is 1. The molecule has 1 fully saturated rings. The molecule has 3 aromatic rings. The highest BCUT2D eigenvalue weighted by molar-refractivity contribution is 6.18. The van der Waals surface area contributed by atoms with Gasteiger partial charge in [0.2, 0.25) is 0 Å². The van der Waals surface area contributed by atoms with Gasteiger partial charge >= 0.3 is 0 Å². The summed E-state index contributed by atoms with van der Waals surface area (Å²) in [6, 6.07) is 18.0. The minimum absolute atomic E-state index is 0.0327. The van der Waals surface area contributed by atoms with E-state index in [9.17, 15) is 4.79 Å². The topological polar surface area (TPSA) is 45.3 Å². The Morgan fingerprint density at radius 3 is 2.50 bits per heavy atom. The first-order valence-corrected chi connectivity index (χ1v) is 8.95. The van der Waals surface area contributed by atoms with E-state index in [1.165, 1.54) is 0 Å². The molecule has 0 radical (unpaired) electrons. The van der Waals surface area contributed by atoms with Crippen LogP contribution in [0.1, 0.15) is 17.3 Å². The molecule has 132 valence electrons. The second-order valence-corrected chi connectivity index (χ2v) is 6.54. The molecule has 0 aliphatic carbocycles. The Morgan fingerprint density at radius 1 is 1.04 bits per heavy atom. The SMILES string of the molecule is C/C(=C/C(=O)c1c(-c2ccccc2)[nH]c2ccccc12)N1CCOCC1. The summed E-state index contributed by atoms with van der Waals surface area (Å²) in [6.45, 7) is 5.08. The number of morpholine rings is 1. The molecule has 1 aliphatic heterocycles. The van der Waals surface area contributed by atoms with E-state index in [4.69, 9.17) is 4.74 Å². The molecule has 4 rings (SSSR count). The zero-order valence-corrected chi connectivity index (χ0v) is 14.9. The molecule has 0 atom stereocenters. The maximum absolute atomic E-state index is 13.2. The molecule has 26 heavy (non-hydrogen) atoms. The molecule has 1 N–H and O–H groups in total. The van der Waals surface area contributed by atoms with Crippen molar-refractivity contribution in [2.75, 3.05) is 26.3 Å². The maximum atomic E-state index is 13.2. The van der Waals surface area contributed by atoms with Crippen LogP contribution in [0.5, 0.6) is 0 Å². The fourth-order valence-electron chi connectivity index (χ4n) is 3.49. The standard InChI is InChI=1S/C22H22N2O2/c1-16(24-11-13-26-14-12-24)15-20(25)21-18-9-5-6-10-19(18)23-22(21)17-7-3-2-4-8-17/h2-10,15,23H,11-14H2,1H3/b16-15-. The van der Waals surface area contributed by atoms with Crippen molar-refractivity contribution >= 4 is 16.7 Å². The van der Waals surface area contributed by atoms with E-state index < -0.39 is 0 Å². The molecule has 2 heterocycles. The first-order valence-electron chi connectivity index (χ1n) is 8.95. The number of ether oxygens (including phenoxy) is 1. The van der Waals surface area contributed by atoms with Crippen LogP contribution in [0.4, 0.5) is 0 Å². The van der Waals surface area contributed by atoms with Crippen LogP contribution in [0.3, 0.4) is 0 Å². The molecule has 0 unspecified atom stereocenters. The van der Waals surface area contributed by atoms with E-state index in [0.717, 1.165) is 46.5 Å². The summed E-state index contributed by atoms with van der Waals surface area (Å²) in [5.74, 6) is 0.0327. The molecular weight excluding hydrogens is 324 g/mol. The van der Waals surface area contributed by atoms with E-state index in [1.807, 2.05) is 61.5 Å². The van der Waals surface area contributed by atoms with Crippen molar-refractivity contribution in [3.05, 3.63) is 71.9 Å². The molecule has 0 amide bonds. The lowest BCUT2D eigenvalue weighted by molar-refractivity contribution is 0.0534. The summed E-state index contributed by atoms with van der Waals surface area (Å²) in [6.07, 6.45) is 1.76. The molecule has 4 nitrogen and oxygen atoms in total. The van der Waals surface area contributed by atoms with E-state index in [2.05, 4.69) is 9.88 Å². The summed E-state index contributed by atoms with van der Waals surface area (Å²) >= 11 is 0. The Bertz CT molecular complexity index is 951. The van der Waals surface area contributed by atoms with Crippen molar-refractivity contribution < 1.29 is 9.53 Å². The lowest BCUT2D eigenvalue weighted by Crippen LogP contribution is -2.35. The van der Waals surface area contributed by atoms with Crippen molar-refractivity contribution in [3.63, 3.8) is 0 Å². The van der Waals surface area contributed by atoms with Gasteiger partial charge in [-0.1, -0.05) is 48.5 Å². The fraction of sp³-hybridized carbons (Fsp3) is 0.227. The van der Waals surface area contributed by atoms with Crippen molar-refractivity contribution in [2.24, 2.45) is 0 Å². The molecule has 0 spiro atoms. The Kier molecular flexibility index (Phi) is 4.59. The summed E-state index contributed by atoms with van der Waals surface area (Å²) < 4.78 is 5.40. The number of rotatable bonds is 4. The predicted molar refractivity (Wildman–Crippen MR) is 104 cm³/mol. The van der Waals surface area contributed by atoms with E-state index in [1.54, 1.807) is 6.08 Å². The third kappa shape index (κ3) is 3.16. The second-order valence-electron chi connectivity index (χ2n) is 6.54. The van der Waals surface area contributed by atoms with Gasteiger partial charge in [0.05, 0.1) is 24.5 Å². The highest BCUT2D eigenvalue weighted by Gasteiger charge is 2.19. The third-order valence-corrected chi connectivity index (χ3v) is 4.86. The number of hydrogen-bond acceptors (Lipinski definition) is 3. The van der Waals surface area contributed by atoms with Gasteiger partial charge in [0.25, 0.3) is 0 Å². The summed E-state index contributed by atoms with van der Waals surface area (Å²) in [5, 5.41) is 0.961. The largest absolute Gasteiger partial charge is 0.378 e. The van der Waals surface area contributed by atoms with Gasteiger partial charge in [0.15, 0.2) is 5.78 Å². The average molecular weight is 346 g/mol.